The maximum Gasteiger partial charge on any atom is 0.104 e. The smallest absolute Gasteiger partial charge is 0.104 e. The predicted octanol–water partition coefficient (Wildman–Crippen LogP) is 3.05. The molecular formula is C20H24N2OS. The highest BCUT2D eigenvalue weighted by molar-refractivity contribution is 7.12. The summed E-state index contributed by atoms with van der Waals surface area (Å²) in [5.74, 6) is 6.41. The summed E-state index contributed by atoms with van der Waals surface area (Å²) in [5, 5.41) is 8.76. The Morgan fingerprint density at radius 2 is 2.08 bits per heavy atom. The Hall–Kier alpha value is -1.80. The number of hydrogen-bond donors (Lipinski definition) is 1. The Labute approximate surface area is 148 Å². The normalized spacial score (nSPS) is 17.1. The quantitative estimate of drug-likeness (QED) is 0.848. The molecule has 1 aromatic carbocycles. The van der Waals surface area contributed by atoms with Crippen LogP contribution in [-0.4, -0.2) is 43.3 Å². The number of nitrogens with zero attached hydrogens (tertiary/aromatic N) is 2. The van der Waals surface area contributed by atoms with Gasteiger partial charge in [0.15, 0.2) is 0 Å². The zero-order valence-electron chi connectivity index (χ0n) is 14.1. The fourth-order valence-electron chi connectivity index (χ4n) is 3.28. The number of para-hydroxylation sites is 1. The van der Waals surface area contributed by atoms with E-state index in [0.717, 1.165) is 37.0 Å². The number of hydrogen-bond acceptors (Lipinski definition) is 4. The van der Waals surface area contributed by atoms with Gasteiger partial charge in [-0.15, -0.1) is 11.3 Å². The minimum Gasteiger partial charge on any atom is -0.384 e. The van der Waals surface area contributed by atoms with Crippen LogP contribution in [0, 0.1) is 17.8 Å². The highest BCUT2D eigenvalue weighted by Gasteiger charge is 2.23. The topological polar surface area (TPSA) is 26.7 Å². The maximum absolute atomic E-state index is 8.76. The molecule has 4 heteroatoms. The standard InChI is InChI=1S/C20H24N2OS/c1-21(16-20-10-9-19(24-20)8-5-13-23)14-17-11-12-22(15-17)18-6-3-2-4-7-18/h2-4,6-7,9-10,17,23H,11-16H2,1H3. The number of thiophene rings is 1. The summed E-state index contributed by atoms with van der Waals surface area (Å²) in [5.41, 5.74) is 1.34. The van der Waals surface area contributed by atoms with E-state index >= 15 is 0 Å². The lowest BCUT2D eigenvalue weighted by Gasteiger charge is -2.22. The molecular weight excluding hydrogens is 316 g/mol. The summed E-state index contributed by atoms with van der Waals surface area (Å²) in [6, 6.07) is 14.9. The van der Waals surface area contributed by atoms with E-state index in [1.54, 1.807) is 11.3 Å². The van der Waals surface area contributed by atoms with Crippen LogP contribution >= 0.6 is 11.3 Å². The molecule has 0 amide bonds. The van der Waals surface area contributed by atoms with Crippen molar-refractivity contribution >= 4 is 17.0 Å². The van der Waals surface area contributed by atoms with Crippen molar-refractivity contribution in [3.05, 3.63) is 52.2 Å². The second kappa shape index (κ2) is 8.34. The van der Waals surface area contributed by atoms with Gasteiger partial charge in [0.25, 0.3) is 0 Å². The van der Waals surface area contributed by atoms with Crippen molar-refractivity contribution in [2.24, 2.45) is 5.92 Å². The molecule has 0 saturated carbocycles. The molecule has 2 heterocycles. The largest absolute Gasteiger partial charge is 0.384 e. The average molecular weight is 340 g/mol. The van der Waals surface area contributed by atoms with Crippen LogP contribution in [0.1, 0.15) is 16.2 Å². The summed E-state index contributed by atoms with van der Waals surface area (Å²) in [6.07, 6.45) is 1.26. The minimum atomic E-state index is -0.0767. The van der Waals surface area contributed by atoms with Crippen molar-refractivity contribution in [2.75, 3.05) is 38.2 Å². The molecule has 1 atom stereocenters. The Morgan fingerprint density at radius 1 is 1.25 bits per heavy atom. The third-order valence-electron chi connectivity index (χ3n) is 4.36. The van der Waals surface area contributed by atoms with Crippen molar-refractivity contribution < 1.29 is 5.11 Å². The molecule has 1 aliphatic rings. The lowest BCUT2D eigenvalue weighted by atomic mass is 10.1. The number of rotatable bonds is 5. The fourth-order valence-corrected chi connectivity index (χ4v) is 4.25. The van der Waals surface area contributed by atoms with E-state index in [1.165, 1.54) is 17.0 Å². The first-order chi connectivity index (χ1) is 11.7. The van der Waals surface area contributed by atoms with Gasteiger partial charge in [-0.25, -0.2) is 0 Å². The molecule has 126 valence electrons. The molecule has 1 saturated heterocycles. The first-order valence-corrected chi connectivity index (χ1v) is 9.23. The molecule has 0 spiro atoms. The van der Waals surface area contributed by atoms with E-state index in [1.807, 2.05) is 6.07 Å². The first kappa shape index (κ1) is 17.0. The third-order valence-corrected chi connectivity index (χ3v) is 5.34. The molecule has 1 unspecified atom stereocenters. The Bertz CT molecular complexity index is 701. The van der Waals surface area contributed by atoms with E-state index in [2.05, 4.69) is 65.1 Å². The molecule has 2 aromatic rings. The fraction of sp³-hybridized carbons (Fsp3) is 0.400. The molecule has 1 aromatic heterocycles. The zero-order valence-corrected chi connectivity index (χ0v) is 14.9. The van der Waals surface area contributed by atoms with Crippen molar-refractivity contribution in [1.29, 1.82) is 0 Å². The van der Waals surface area contributed by atoms with Crippen LogP contribution in [0.3, 0.4) is 0 Å². The molecule has 3 rings (SSSR count). The summed E-state index contributed by atoms with van der Waals surface area (Å²) >= 11 is 1.72. The maximum atomic E-state index is 8.76. The van der Waals surface area contributed by atoms with Gasteiger partial charge in [-0.3, -0.25) is 0 Å². The molecule has 1 N–H and O–H groups in total. The lowest BCUT2D eigenvalue weighted by molar-refractivity contribution is 0.281. The molecule has 1 fully saturated rings. The Balaban J connectivity index is 1.49. The van der Waals surface area contributed by atoms with E-state index < -0.39 is 0 Å². The lowest BCUT2D eigenvalue weighted by Crippen LogP contribution is -2.27. The van der Waals surface area contributed by atoms with Gasteiger partial charge in [0.2, 0.25) is 0 Å². The molecule has 3 nitrogen and oxygen atoms in total. The van der Waals surface area contributed by atoms with E-state index in [-0.39, 0.29) is 6.61 Å². The van der Waals surface area contributed by atoms with E-state index in [4.69, 9.17) is 5.11 Å². The first-order valence-electron chi connectivity index (χ1n) is 8.41. The Morgan fingerprint density at radius 3 is 2.88 bits per heavy atom. The Kier molecular flexibility index (Phi) is 5.92. The van der Waals surface area contributed by atoms with Gasteiger partial charge in [0, 0.05) is 36.7 Å². The summed E-state index contributed by atoms with van der Waals surface area (Å²) in [4.78, 5) is 7.27. The highest BCUT2D eigenvalue weighted by atomic mass is 32.1. The van der Waals surface area contributed by atoms with Gasteiger partial charge < -0.3 is 14.9 Å². The van der Waals surface area contributed by atoms with Gasteiger partial charge in [0.05, 0.1) is 4.88 Å². The second-order valence-electron chi connectivity index (χ2n) is 6.36. The van der Waals surface area contributed by atoms with Crippen LogP contribution in [-0.2, 0) is 6.54 Å². The molecule has 0 radical (unpaired) electrons. The zero-order chi connectivity index (χ0) is 16.8. The molecule has 1 aliphatic heterocycles. The summed E-state index contributed by atoms with van der Waals surface area (Å²) < 4.78 is 0. The predicted molar refractivity (Wildman–Crippen MR) is 101 cm³/mol. The van der Waals surface area contributed by atoms with Crippen LogP contribution in [0.15, 0.2) is 42.5 Å². The van der Waals surface area contributed by atoms with Crippen molar-refractivity contribution in [3.63, 3.8) is 0 Å². The number of benzene rings is 1. The van der Waals surface area contributed by atoms with Crippen LogP contribution < -0.4 is 4.90 Å². The molecule has 0 aliphatic carbocycles. The summed E-state index contributed by atoms with van der Waals surface area (Å²) in [6.45, 7) is 4.31. The van der Waals surface area contributed by atoms with Crippen molar-refractivity contribution in [2.45, 2.75) is 13.0 Å². The van der Waals surface area contributed by atoms with E-state index in [0.29, 0.717) is 0 Å². The third kappa shape index (κ3) is 4.61. The second-order valence-corrected chi connectivity index (χ2v) is 7.53. The molecule has 0 bridgehead atoms. The highest BCUT2D eigenvalue weighted by Crippen LogP contribution is 2.25. The van der Waals surface area contributed by atoms with Gasteiger partial charge in [0.1, 0.15) is 6.61 Å². The number of aliphatic hydroxyl groups is 1. The average Bonchev–Trinajstić information content (AvgIpc) is 3.23. The SMILES string of the molecule is CN(Cc1ccc(C#CCO)s1)CC1CCN(c2ccccc2)C1. The summed E-state index contributed by atoms with van der Waals surface area (Å²) in [7, 11) is 2.20. The van der Waals surface area contributed by atoms with Crippen molar-refractivity contribution in [1.82, 2.24) is 4.90 Å². The van der Waals surface area contributed by atoms with Crippen LogP contribution in [0.2, 0.25) is 0 Å². The van der Waals surface area contributed by atoms with Gasteiger partial charge in [-0.05, 0) is 43.7 Å². The van der Waals surface area contributed by atoms with Gasteiger partial charge in [-0.1, -0.05) is 30.0 Å². The van der Waals surface area contributed by atoms with Crippen LogP contribution in [0.5, 0.6) is 0 Å². The van der Waals surface area contributed by atoms with Crippen LogP contribution in [0.25, 0.3) is 0 Å². The monoisotopic (exact) mass is 340 g/mol. The minimum absolute atomic E-state index is 0.0767. The van der Waals surface area contributed by atoms with Crippen molar-refractivity contribution in [3.8, 4) is 11.8 Å². The molecule has 24 heavy (non-hydrogen) atoms. The van der Waals surface area contributed by atoms with Crippen LogP contribution in [0.4, 0.5) is 5.69 Å². The van der Waals surface area contributed by atoms with Gasteiger partial charge in [-0.2, -0.15) is 0 Å². The number of aliphatic hydroxyl groups excluding tert-OH is 1. The number of anilines is 1. The van der Waals surface area contributed by atoms with Gasteiger partial charge >= 0.3 is 0 Å². The van der Waals surface area contributed by atoms with E-state index in [9.17, 15) is 0 Å².